The highest BCUT2D eigenvalue weighted by Gasteiger charge is 2.62. The standard InChI is InChI=1S/C18H23N3O3/c1-4-23-15-9-18(19,17(15,2)3)16(22)21-13-7-5-6-12(8-13)14-10-20-11-24-14/h5-8,10-11,15H,4,9,19H2,1-3H3,(H,21,22). The Morgan fingerprint density at radius 1 is 1.50 bits per heavy atom. The first-order valence-corrected chi connectivity index (χ1v) is 8.09. The van der Waals surface area contributed by atoms with Crippen LogP contribution in [-0.2, 0) is 9.53 Å². The molecule has 6 nitrogen and oxygen atoms in total. The van der Waals surface area contributed by atoms with Gasteiger partial charge in [-0.2, -0.15) is 0 Å². The van der Waals surface area contributed by atoms with E-state index in [1.165, 1.54) is 6.39 Å². The number of oxazole rings is 1. The lowest BCUT2D eigenvalue weighted by atomic mass is 9.54. The normalized spacial score (nSPS) is 25.1. The summed E-state index contributed by atoms with van der Waals surface area (Å²) < 4.78 is 11.0. The van der Waals surface area contributed by atoms with E-state index in [2.05, 4.69) is 10.3 Å². The van der Waals surface area contributed by atoms with Crippen LogP contribution in [0.25, 0.3) is 11.3 Å². The molecule has 0 radical (unpaired) electrons. The third-order valence-electron chi connectivity index (χ3n) is 5.07. The van der Waals surface area contributed by atoms with Crippen LogP contribution in [0.4, 0.5) is 5.69 Å². The van der Waals surface area contributed by atoms with E-state index in [1.54, 1.807) is 6.20 Å². The molecule has 1 amide bonds. The Labute approximate surface area is 141 Å². The lowest BCUT2D eigenvalue weighted by Crippen LogP contribution is -2.74. The minimum atomic E-state index is -0.949. The molecular formula is C18H23N3O3. The van der Waals surface area contributed by atoms with Gasteiger partial charge >= 0.3 is 0 Å². The molecule has 3 rings (SSSR count). The second-order valence-electron chi connectivity index (χ2n) is 6.74. The van der Waals surface area contributed by atoms with Gasteiger partial charge in [-0.05, 0) is 19.1 Å². The molecule has 24 heavy (non-hydrogen) atoms. The summed E-state index contributed by atoms with van der Waals surface area (Å²) in [6.45, 7) is 6.51. The molecule has 1 saturated carbocycles. The number of hydrogen-bond acceptors (Lipinski definition) is 5. The molecule has 1 aromatic carbocycles. The summed E-state index contributed by atoms with van der Waals surface area (Å²) in [6, 6.07) is 7.42. The highest BCUT2D eigenvalue weighted by Crippen LogP contribution is 2.50. The van der Waals surface area contributed by atoms with E-state index in [4.69, 9.17) is 14.9 Å². The predicted octanol–water partition coefficient (Wildman–Crippen LogP) is 2.81. The van der Waals surface area contributed by atoms with E-state index in [0.29, 0.717) is 24.5 Å². The average molecular weight is 329 g/mol. The fourth-order valence-electron chi connectivity index (χ4n) is 3.17. The first-order chi connectivity index (χ1) is 11.4. The van der Waals surface area contributed by atoms with Crippen LogP contribution in [-0.4, -0.2) is 29.1 Å². The van der Waals surface area contributed by atoms with E-state index in [0.717, 1.165) is 5.56 Å². The monoisotopic (exact) mass is 329 g/mol. The number of nitrogens with zero attached hydrogens (tertiary/aromatic N) is 1. The summed E-state index contributed by atoms with van der Waals surface area (Å²) in [5, 5.41) is 2.92. The summed E-state index contributed by atoms with van der Waals surface area (Å²) in [5.41, 5.74) is 6.55. The third kappa shape index (κ3) is 2.61. The molecule has 2 atom stereocenters. The van der Waals surface area contributed by atoms with Gasteiger partial charge in [-0.3, -0.25) is 4.79 Å². The van der Waals surface area contributed by atoms with E-state index >= 15 is 0 Å². The van der Waals surface area contributed by atoms with Crippen molar-refractivity contribution < 1.29 is 13.9 Å². The molecule has 2 unspecified atom stereocenters. The number of anilines is 1. The van der Waals surface area contributed by atoms with Crippen molar-refractivity contribution in [3.63, 3.8) is 0 Å². The third-order valence-corrected chi connectivity index (χ3v) is 5.07. The van der Waals surface area contributed by atoms with Crippen LogP contribution in [0, 0.1) is 5.41 Å². The van der Waals surface area contributed by atoms with Crippen molar-refractivity contribution in [3.05, 3.63) is 36.9 Å². The Morgan fingerprint density at radius 3 is 2.92 bits per heavy atom. The molecule has 1 aliphatic rings. The summed E-state index contributed by atoms with van der Waals surface area (Å²) in [5.74, 6) is 0.451. The first kappa shape index (κ1) is 16.7. The molecule has 128 valence electrons. The summed E-state index contributed by atoms with van der Waals surface area (Å²) in [7, 11) is 0. The second-order valence-corrected chi connectivity index (χ2v) is 6.74. The van der Waals surface area contributed by atoms with E-state index < -0.39 is 11.0 Å². The van der Waals surface area contributed by atoms with Gasteiger partial charge in [-0.15, -0.1) is 0 Å². The van der Waals surface area contributed by atoms with Crippen LogP contribution < -0.4 is 11.1 Å². The van der Waals surface area contributed by atoms with Crippen LogP contribution in [0.15, 0.2) is 41.3 Å². The van der Waals surface area contributed by atoms with Gasteiger partial charge in [0.25, 0.3) is 0 Å². The van der Waals surface area contributed by atoms with Gasteiger partial charge in [0, 0.05) is 29.7 Å². The van der Waals surface area contributed by atoms with Crippen LogP contribution >= 0.6 is 0 Å². The Morgan fingerprint density at radius 2 is 2.29 bits per heavy atom. The molecule has 6 heteroatoms. The molecule has 0 bridgehead atoms. The van der Waals surface area contributed by atoms with Gasteiger partial charge in [-0.25, -0.2) is 4.98 Å². The zero-order valence-corrected chi connectivity index (χ0v) is 14.2. The Hall–Kier alpha value is -2.18. The number of carbonyl (C=O) groups is 1. The minimum Gasteiger partial charge on any atom is -0.444 e. The predicted molar refractivity (Wildman–Crippen MR) is 91.3 cm³/mol. The highest BCUT2D eigenvalue weighted by atomic mass is 16.5. The number of benzene rings is 1. The minimum absolute atomic E-state index is 0.00113. The van der Waals surface area contributed by atoms with E-state index in [-0.39, 0.29) is 12.0 Å². The quantitative estimate of drug-likeness (QED) is 0.880. The second kappa shape index (κ2) is 6.03. The van der Waals surface area contributed by atoms with E-state index in [1.807, 2.05) is 45.0 Å². The van der Waals surface area contributed by atoms with Crippen LogP contribution in [0.2, 0.25) is 0 Å². The van der Waals surface area contributed by atoms with Crippen molar-refractivity contribution in [2.75, 3.05) is 11.9 Å². The maximum Gasteiger partial charge on any atom is 0.245 e. The summed E-state index contributed by atoms with van der Waals surface area (Å²) in [6.07, 6.45) is 3.52. The van der Waals surface area contributed by atoms with Gasteiger partial charge in [0.2, 0.25) is 5.91 Å². The number of carbonyl (C=O) groups excluding carboxylic acids is 1. The lowest BCUT2D eigenvalue weighted by Gasteiger charge is -2.57. The van der Waals surface area contributed by atoms with E-state index in [9.17, 15) is 4.79 Å². The molecule has 1 heterocycles. The first-order valence-electron chi connectivity index (χ1n) is 8.09. The molecule has 0 aliphatic heterocycles. The zero-order valence-electron chi connectivity index (χ0n) is 14.2. The van der Waals surface area contributed by atoms with Crippen LogP contribution in [0.3, 0.4) is 0 Å². The Balaban J connectivity index is 1.75. The average Bonchev–Trinajstić information content (AvgIpc) is 3.09. The number of ether oxygens (including phenoxy) is 1. The molecule has 3 N–H and O–H groups in total. The molecule has 0 spiro atoms. The molecule has 0 saturated heterocycles. The number of nitrogens with one attached hydrogen (secondary N) is 1. The van der Waals surface area contributed by atoms with Crippen molar-refractivity contribution in [1.82, 2.24) is 4.98 Å². The maximum absolute atomic E-state index is 12.8. The Kier molecular flexibility index (Phi) is 4.19. The van der Waals surface area contributed by atoms with Crippen molar-refractivity contribution in [2.24, 2.45) is 11.1 Å². The van der Waals surface area contributed by atoms with Gasteiger partial charge in [0.1, 0.15) is 5.54 Å². The number of amides is 1. The largest absolute Gasteiger partial charge is 0.444 e. The van der Waals surface area contributed by atoms with Gasteiger partial charge < -0.3 is 20.2 Å². The topological polar surface area (TPSA) is 90.4 Å². The summed E-state index contributed by atoms with van der Waals surface area (Å²) in [4.78, 5) is 16.7. The fraction of sp³-hybridized carbons (Fsp3) is 0.444. The van der Waals surface area contributed by atoms with Gasteiger partial charge in [-0.1, -0.05) is 26.0 Å². The van der Waals surface area contributed by atoms with Gasteiger partial charge in [0.05, 0.1) is 12.3 Å². The maximum atomic E-state index is 12.8. The SMILES string of the molecule is CCOC1CC(N)(C(=O)Nc2cccc(-c3cnco3)c2)C1(C)C. The molecular weight excluding hydrogens is 306 g/mol. The summed E-state index contributed by atoms with van der Waals surface area (Å²) >= 11 is 0. The molecule has 1 aliphatic carbocycles. The van der Waals surface area contributed by atoms with Gasteiger partial charge in [0.15, 0.2) is 12.2 Å². The molecule has 1 aromatic heterocycles. The highest BCUT2D eigenvalue weighted by molar-refractivity contribution is 6.00. The van der Waals surface area contributed by atoms with Crippen molar-refractivity contribution >= 4 is 11.6 Å². The lowest BCUT2D eigenvalue weighted by molar-refractivity contribution is -0.166. The number of rotatable bonds is 5. The van der Waals surface area contributed by atoms with Crippen molar-refractivity contribution in [3.8, 4) is 11.3 Å². The van der Waals surface area contributed by atoms with Crippen LogP contribution in [0.1, 0.15) is 27.2 Å². The Bertz CT molecular complexity index is 727. The number of nitrogens with two attached hydrogens (primary N) is 1. The van der Waals surface area contributed by atoms with Crippen LogP contribution in [0.5, 0.6) is 0 Å². The van der Waals surface area contributed by atoms with Crippen molar-refractivity contribution in [1.29, 1.82) is 0 Å². The van der Waals surface area contributed by atoms with Crippen molar-refractivity contribution in [2.45, 2.75) is 38.8 Å². The zero-order chi connectivity index (χ0) is 17.4. The number of hydrogen-bond donors (Lipinski definition) is 2. The smallest absolute Gasteiger partial charge is 0.245 e. The number of aromatic nitrogens is 1. The molecule has 2 aromatic rings. The fourth-order valence-corrected chi connectivity index (χ4v) is 3.17. The molecule has 1 fully saturated rings.